The van der Waals surface area contributed by atoms with Gasteiger partial charge in [0.05, 0.1) is 38.5 Å². The van der Waals surface area contributed by atoms with Gasteiger partial charge in [0, 0.05) is 93.9 Å². The Morgan fingerprint density at radius 3 is 2.50 bits per heavy atom. The van der Waals surface area contributed by atoms with Crippen molar-refractivity contribution >= 4 is 23.3 Å². The topological polar surface area (TPSA) is 92.0 Å². The van der Waals surface area contributed by atoms with E-state index in [0.717, 1.165) is 67.1 Å². The van der Waals surface area contributed by atoms with Gasteiger partial charge in [0.2, 0.25) is 11.8 Å². The maximum absolute atomic E-state index is 14.6. The van der Waals surface area contributed by atoms with E-state index in [4.69, 9.17) is 9.84 Å². The second-order valence-electron chi connectivity index (χ2n) is 12.9. The van der Waals surface area contributed by atoms with Crippen LogP contribution in [-0.4, -0.2) is 105 Å². The minimum atomic E-state index is -2.65. The lowest BCUT2D eigenvalue weighted by atomic mass is 9.92. The molecule has 0 aliphatic carbocycles. The normalized spacial score (nSPS) is 19.5. The summed E-state index contributed by atoms with van der Waals surface area (Å²) in [6.07, 6.45) is 4.64. The zero-order valence-electron chi connectivity index (χ0n) is 26.6. The van der Waals surface area contributed by atoms with Crippen molar-refractivity contribution in [3.63, 3.8) is 0 Å². The number of halogens is 2. The third kappa shape index (κ3) is 5.90. The lowest BCUT2D eigenvalue weighted by Crippen LogP contribution is -2.47. The van der Waals surface area contributed by atoms with E-state index in [1.54, 1.807) is 37.1 Å². The molecule has 2 amide bonds. The summed E-state index contributed by atoms with van der Waals surface area (Å²) in [5, 5.41) is 9.45. The zero-order chi connectivity index (χ0) is 31.9. The lowest BCUT2D eigenvalue weighted by Gasteiger charge is -2.35. The Hall–Kier alpha value is -3.84. The number of rotatable bonds is 6. The van der Waals surface area contributed by atoms with Crippen LogP contribution >= 0.6 is 0 Å². The number of carbonyl (C=O) groups is 2. The van der Waals surface area contributed by atoms with Crippen LogP contribution in [0.15, 0.2) is 24.5 Å². The summed E-state index contributed by atoms with van der Waals surface area (Å²) in [5.41, 5.74) is 5.02. The van der Waals surface area contributed by atoms with E-state index in [9.17, 15) is 18.4 Å². The molecule has 1 aromatic carbocycles. The van der Waals surface area contributed by atoms with Crippen molar-refractivity contribution in [2.24, 2.45) is 7.05 Å². The van der Waals surface area contributed by atoms with Gasteiger partial charge in [-0.1, -0.05) is 0 Å². The molecule has 4 aliphatic rings. The smallest absolute Gasteiger partial charge is 0.264 e. The monoisotopic (exact) mass is 636 g/mol. The molecule has 7 rings (SSSR count). The van der Waals surface area contributed by atoms with Crippen LogP contribution in [0.1, 0.15) is 61.0 Å². The summed E-state index contributed by atoms with van der Waals surface area (Å²) in [7, 11) is 1.78. The average molecular weight is 637 g/mol. The Balaban J connectivity index is 1.19. The van der Waals surface area contributed by atoms with Crippen LogP contribution in [0.3, 0.4) is 0 Å². The van der Waals surface area contributed by atoms with Gasteiger partial charge >= 0.3 is 0 Å². The number of carbonyl (C=O) groups excluding carboxylic acids is 2. The van der Waals surface area contributed by atoms with Gasteiger partial charge in [-0.3, -0.25) is 23.9 Å². The molecule has 0 saturated carbocycles. The molecule has 46 heavy (non-hydrogen) atoms. The fraction of sp³-hybridized carbons (Fsp3) is 0.576. The standard InChI is InChI=1S/C33H42F2N8O3/c1-22(44)41-11-7-29-28(20-41)33(37-43(29)25-5-9-40(10-6-25)31(45)21-39-12-14-46-15-13-39)42-8-3-4-23-16-26(24-18-36-38(2)19-24)27(32(34)35)17-30(23)42/h16-19,25,32H,3-15,20-21H2,1-2H3. The van der Waals surface area contributed by atoms with Crippen LogP contribution in [0.4, 0.5) is 20.3 Å². The molecule has 2 fully saturated rings. The number of aryl methyl sites for hydroxylation is 2. The van der Waals surface area contributed by atoms with Crippen LogP contribution in [0.25, 0.3) is 11.1 Å². The second-order valence-corrected chi connectivity index (χ2v) is 12.9. The Bertz CT molecular complexity index is 1610. The highest BCUT2D eigenvalue weighted by Crippen LogP contribution is 2.43. The van der Waals surface area contributed by atoms with E-state index < -0.39 is 6.43 Å². The van der Waals surface area contributed by atoms with E-state index >= 15 is 0 Å². The van der Waals surface area contributed by atoms with Gasteiger partial charge in [-0.2, -0.15) is 10.2 Å². The Labute approximate surface area is 267 Å². The molecule has 0 N–H and O–H groups in total. The summed E-state index contributed by atoms with van der Waals surface area (Å²) in [4.78, 5) is 33.6. The first kappa shape index (κ1) is 30.8. The van der Waals surface area contributed by atoms with Gasteiger partial charge in [0.1, 0.15) is 0 Å². The van der Waals surface area contributed by atoms with E-state index in [2.05, 4.69) is 19.6 Å². The molecule has 2 saturated heterocycles. The van der Waals surface area contributed by atoms with Crippen LogP contribution in [0.2, 0.25) is 0 Å². The first-order valence-corrected chi connectivity index (χ1v) is 16.4. The number of nitrogens with zero attached hydrogens (tertiary/aromatic N) is 8. The van der Waals surface area contributed by atoms with E-state index in [-0.39, 0.29) is 23.4 Å². The maximum Gasteiger partial charge on any atom is 0.264 e. The van der Waals surface area contributed by atoms with Crippen LogP contribution < -0.4 is 4.90 Å². The predicted octanol–water partition coefficient (Wildman–Crippen LogP) is 3.71. The third-order valence-electron chi connectivity index (χ3n) is 10.0. The van der Waals surface area contributed by atoms with Gasteiger partial charge in [-0.15, -0.1) is 0 Å². The number of likely N-dealkylation sites (tertiary alicyclic amines) is 1. The SMILES string of the molecule is CC(=O)N1CCc2c(c(N3CCCc4cc(-c5cnn(C)c5)c(C(F)F)cc43)nn2C2CCN(C(=O)CN3CCOCC3)CC2)C1. The van der Waals surface area contributed by atoms with Crippen LogP contribution in [0, 0.1) is 0 Å². The van der Waals surface area contributed by atoms with E-state index in [1.807, 2.05) is 15.9 Å². The summed E-state index contributed by atoms with van der Waals surface area (Å²) < 4.78 is 38.3. The van der Waals surface area contributed by atoms with E-state index in [1.165, 1.54) is 0 Å². The molecular weight excluding hydrogens is 594 g/mol. The fourth-order valence-corrected chi connectivity index (χ4v) is 7.49. The van der Waals surface area contributed by atoms with Crippen molar-refractivity contribution in [1.82, 2.24) is 34.3 Å². The Morgan fingerprint density at radius 2 is 1.80 bits per heavy atom. The van der Waals surface area contributed by atoms with Crippen LogP contribution in [-0.2, 0) is 40.8 Å². The van der Waals surface area contributed by atoms with Crippen molar-refractivity contribution in [2.75, 3.05) is 63.9 Å². The minimum absolute atomic E-state index is 0.0107. The summed E-state index contributed by atoms with van der Waals surface area (Å²) in [6, 6.07) is 3.65. The molecular formula is C33H42F2N8O3. The average Bonchev–Trinajstić information content (AvgIpc) is 3.67. The first-order valence-electron chi connectivity index (χ1n) is 16.4. The number of morpholine rings is 1. The van der Waals surface area contributed by atoms with Crippen molar-refractivity contribution in [2.45, 2.75) is 58.0 Å². The van der Waals surface area contributed by atoms with Crippen LogP contribution in [0.5, 0.6) is 0 Å². The fourth-order valence-electron chi connectivity index (χ4n) is 7.49. The van der Waals surface area contributed by atoms with Crippen molar-refractivity contribution in [3.05, 3.63) is 46.9 Å². The number of fused-ring (bicyclic) bond motifs is 2. The van der Waals surface area contributed by atoms with Gasteiger partial charge in [-0.25, -0.2) is 8.78 Å². The molecule has 0 unspecified atom stereocenters. The number of amides is 2. The highest BCUT2D eigenvalue weighted by Gasteiger charge is 2.35. The third-order valence-corrected chi connectivity index (χ3v) is 10.0. The molecule has 6 heterocycles. The number of hydrogen-bond acceptors (Lipinski definition) is 7. The highest BCUT2D eigenvalue weighted by molar-refractivity contribution is 5.79. The Kier molecular flexibility index (Phi) is 8.53. The summed E-state index contributed by atoms with van der Waals surface area (Å²) >= 11 is 0. The molecule has 0 spiro atoms. The number of ether oxygens (including phenoxy) is 1. The zero-order valence-corrected chi connectivity index (χ0v) is 26.6. The van der Waals surface area contributed by atoms with E-state index in [0.29, 0.717) is 70.0 Å². The van der Waals surface area contributed by atoms with Gasteiger partial charge in [0.25, 0.3) is 6.43 Å². The molecule has 13 heteroatoms. The van der Waals surface area contributed by atoms with Gasteiger partial charge < -0.3 is 19.4 Å². The second kappa shape index (κ2) is 12.7. The molecule has 0 radical (unpaired) electrons. The number of aromatic nitrogens is 4. The molecule has 0 bridgehead atoms. The lowest BCUT2D eigenvalue weighted by molar-refractivity contribution is -0.134. The minimum Gasteiger partial charge on any atom is -0.379 e. The predicted molar refractivity (Wildman–Crippen MR) is 168 cm³/mol. The molecule has 0 atom stereocenters. The van der Waals surface area contributed by atoms with Gasteiger partial charge in [-0.05, 0) is 48.9 Å². The van der Waals surface area contributed by atoms with Crippen molar-refractivity contribution in [1.29, 1.82) is 0 Å². The largest absolute Gasteiger partial charge is 0.379 e. The number of benzene rings is 1. The molecule has 3 aromatic rings. The number of anilines is 2. The Morgan fingerprint density at radius 1 is 1.02 bits per heavy atom. The highest BCUT2D eigenvalue weighted by atomic mass is 19.3. The number of hydrogen-bond donors (Lipinski definition) is 0. The molecule has 2 aromatic heterocycles. The number of piperidine rings is 1. The summed E-state index contributed by atoms with van der Waals surface area (Å²) in [6.45, 7) is 7.95. The van der Waals surface area contributed by atoms with Crippen molar-refractivity contribution < 1.29 is 23.1 Å². The molecule has 11 nitrogen and oxygen atoms in total. The maximum atomic E-state index is 14.6. The molecule has 4 aliphatic heterocycles. The quantitative estimate of drug-likeness (QED) is 0.408. The first-order chi connectivity index (χ1) is 22.3. The summed E-state index contributed by atoms with van der Waals surface area (Å²) in [5.74, 6) is 0.921. The molecule has 246 valence electrons. The van der Waals surface area contributed by atoms with Crippen molar-refractivity contribution in [3.8, 4) is 11.1 Å². The van der Waals surface area contributed by atoms with Gasteiger partial charge in [0.15, 0.2) is 5.82 Å². The number of alkyl halides is 2.